The molecule has 1 N–H and O–H groups in total. The van der Waals surface area contributed by atoms with Crippen LogP contribution in [0.4, 0.5) is 22.0 Å². The van der Waals surface area contributed by atoms with Crippen LogP contribution in [0, 0.1) is 17.5 Å². The molecule has 1 aromatic carbocycles. The van der Waals surface area contributed by atoms with Crippen molar-refractivity contribution in [1.82, 2.24) is 15.2 Å². The minimum atomic E-state index is -3.17. The lowest BCUT2D eigenvalue weighted by Crippen LogP contribution is -2.58. The van der Waals surface area contributed by atoms with Crippen LogP contribution in [0.1, 0.15) is 51.5 Å². The molecule has 0 bridgehead atoms. The van der Waals surface area contributed by atoms with Crippen LogP contribution in [-0.2, 0) is 16.0 Å². The Morgan fingerprint density at radius 1 is 1.14 bits per heavy atom. The second kappa shape index (κ2) is 11.4. The largest absolute Gasteiger partial charge is 0.373 e. The number of halogens is 5. The van der Waals surface area contributed by atoms with Crippen molar-refractivity contribution in [2.45, 2.75) is 82.6 Å². The SMILES string of the molecule is CC(C)N1CCC(O[C@H]2CCCC(F)(F)[C@@H]2NC(=O)Cc2ccnc(-c3cc(F)cc(F)c3)c2F)CC1. The normalized spacial score (nSPS) is 22.8. The van der Waals surface area contributed by atoms with E-state index >= 15 is 4.39 Å². The molecular formula is C27H32F5N3O2. The maximum Gasteiger partial charge on any atom is 0.270 e. The summed E-state index contributed by atoms with van der Waals surface area (Å²) in [5.41, 5.74) is -0.585. The van der Waals surface area contributed by atoms with Gasteiger partial charge in [0.05, 0.1) is 18.6 Å². The molecule has 2 aliphatic rings. The summed E-state index contributed by atoms with van der Waals surface area (Å²) in [6, 6.07) is 2.61. The third-order valence-corrected chi connectivity index (χ3v) is 7.17. The number of hydrogen-bond acceptors (Lipinski definition) is 4. The highest BCUT2D eigenvalue weighted by Gasteiger charge is 2.49. The molecule has 37 heavy (non-hydrogen) atoms. The lowest BCUT2D eigenvalue weighted by atomic mass is 9.88. The number of carbonyl (C=O) groups is 1. The maximum absolute atomic E-state index is 15.1. The Kier molecular flexibility index (Phi) is 8.48. The number of pyridine rings is 1. The van der Waals surface area contributed by atoms with Gasteiger partial charge in [-0.25, -0.2) is 22.0 Å². The highest BCUT2D eigenvalue weighted by molar-refractivity contribution is 5.79. The van der Waals surface area contributed by atoms with E-state index < -0.39 is 47.8 Å². The van der Waals surface area contributed by atoms with Crippen molar-refractivity contribution in [1.29, 1.82) is 0 Å². The van der Waals surface area contributed by atoms with Crippen LogP contribution in [0.2, 0.25) is 0 Å². The molecule has 1 aromatic heterocycles. The van der Waals surface area contributed by atoms with E-state index in [-0.39, 0.29) is 35.8 Å². The van der Waals surface area contributed by atoms with Gasteiger partial charge in [-0.3, -0.25) is 9.78 Å². The van der Waals surface area contributed by atoms with Crippen LogP contribution in [-0.4, -0.2) is 59.1 Å². The second-order valence-electron chi connectivity index (χ2n) is 10.2. The summed E-state index contributed by atoms with van der Waals surface area (Å²) < 4.78 is 78.3. The molecule has 10 heteroatoms. The Hall–Kier alpha value is -2.59. The number of ether oxygens (including phenoxy) is 1. The van der Waals surface area contributed by atoms with Crippen molar-refractivity contribution in [2.75, 3.05) is 13.1 Å². The molecule has 2 fully saturated rings. The molecule has 1 aliphatic heterocycles. The Bertz CT molecular complexity index is 1090. The fourth-order valence-electron chi connectivity index (χ4n) is 5.16. The lowest BCUT2D eigenvalue weighted by molar-refractivity contribution is -0.157. The molecule has 5 nitrogen and oxygen atoms in total. The predicted molar refractivity (Wildman–Crippen MR) is 129 cm³/mol. The summed E-state index contributed by atoms with van der Waals surface area (Å²) in [6.07, 6.45) is 1.41. The Labute approximate surface area is 213 Å². The minimum absolute atomic E-state index is 0.121. The number of carbonyl (C=O) groups excluding carboxylic acids is 1. The molecule has 2 aromatic rings. The number of alkyl halides is 2. The van der Waals surface area contributed by atoms with E-state index in [9.17, 15) is 22.4 Å². The van der Waals surface area contributed by atoms with Gasteiger partial charge >= 0.3 is 0 Å². The third kappa shape index (κ3) is 6.65. The van der Waals surface area contributed by atoms with Crippen LogP contribution in [0.5, 0.6) is 0 Å². The van der Waals surface area contributed by atoms with Crippen LogP contribution in [0.15, 0.2) is 30.5 Å². The average molecular weight is 526 g/mol. The monoisotopic (exact) mass is 525 g/mol. The maximum atomic E-state index is 15.1. The van der Waals surface area contributed by atoms with Crippen molar-refractivity contribution >= 4 is 5.91 Å². The standard InChI is InChI=1S/C27H32F5N3O2/c1-16(2)35-10-6-21(7-11-35)37-22-4-3-8-27(31,32)26(22)34-23(36)14-17-5-9-33-25(24(17)30)18-12-19(28)15-20(29)13-18/h5,9,12-13,15-16,21-22,26H,3-4,6-8,10-11,14H2,1-2H3,(H,34,36)/t22-,26+/m0/s1. The average Bonchev–Trinajstić information content (AvgIpc) is 2.82. The molecule has 1 amide bonds. The number of benzene rings is 1. The number of nitrogens with zero attached hydrogens (tertiary/aromatic N) is 2. The Morgan fingerprint density at radius 2 is 1.81 bits per heavy atom. The van der Waals surface area contributed by atoms with Gasteiger partial charge in [0.2, 0.25) is 5.91 Å². The van der Waals surface area contributed by atoms with Crippen LogP contribution in [0.25, 0.3) is 11.3 Å². The predicted octanol–water partition coefficient (Wildman–Crippen LogP) is 5.27. The summed E-state index contributed by atoms with van der Waals surface area (Å²) in [6.45, 7) is 5.86. The van der Waals surface area contributed by atoms with Crippen LogP contribution < -0.4 is 5.32 Å². The van der Waals surface area contributed by atoms with E-state index in [4.69, 9.17) is 4.74 Å². The van der Waals surface area contributed by atoms with E-state index in [1.54, 1.807) is 0 Å². The quantitative estimate of drug-likeness (QED) is 0.501. The molecule has 1 aliphatic carbocycles. The first-order valence-electron chi connectivity index (χ1n) is 12.7. The highest BCUT2D eigenvalue weighted by Crippen LogP contribution is 2.36. The summed E-state index contributed by atoms with van der Waals surface area (Å²) in [5, 5.41) is 2.40. The van der Waals surface area contributed by atoms with Crippen molar-refractivity contribution in [3.05, 3.63) is 53.5 Å². The molecule has 0 radical (unpaired) electrons. The number of aromatic nitrogens is 1. The zero-order valence-electron chi connectivity index (χ0n) is 21.0. The second-order valence-corrected chi connectivity index (χ2v) is 10.2. The zero-order chi connectivity index (χ0) is 26.7. The van der Waals surface area contributed by atoms with E-state index in [1.807, 2.05) is 0 Å². The molecular weight excluding hydrogens is 493 g/mol. The number of amides is 1. The first kappa shape index (κ1) is 27.4. The fraction of sp³-hybridized carbons (Fsp3) is 0.556. The lowest BCUT2D eigenvalue weighted by Gasteiger charge is -2.41. The summed E-state index contributed by atoms with van der Waals surface area (Å²) >= 11 is 0. The van der Waals surface area contributed by atoms with Gasteiger partial charge in [0.15, 0.2) is 5.82 Å². The Morgan fingerprint density at radius 3 is 2.46 bits per heavy atom. The van der Waals surface area contributed by atoms with Crippen LogP contribution in [0.3, 0.4) is 0 Å². The number of rotatable bonds is 7. The van der Waals surface area contributed by atoms with Gasteiger partial charge < -0.3 is 15.0 Å². The van der Waals surface area contributed by atoms with Crippen molar-refractivity contribution in [3.8, 4) is 11.3 Å². The van der Waals surface area contributed by atoms with E-state index in [0.717, 1.165) is 38.1 Å². The van der Waals surface area contributed by atoms with E-state index in [0.29, 0.717) is 18.5 Å². The molecule has 2 heterocycles. The summed E-state index contributed by atoms with van der Waals surface area (Å²) in [4.78, 5) is 19.0. The summed E-state index contributed by atoms with van der Waals surface area (Å²) in [7, 11) is 0. The van der Waals surface area contributed by atoms with Gasteiger partial charge in [0.25, 0.3) is 5.92 Å². The number of nitrogens with one attached hydrogen (secondary N) is 1. The van der Waals surface area contributed by atoms with Gasteiger partial charge in [-0.05, 0) is 57.7 Å². The topological polar surface area (TPSA) is 54.5 Å². The molecule has 1 saturated carbocycles. The zero-order valence-corrected chi connectivity index (χ0v) is 21.0. The van der Waals surface area contributed by atoms with Gasteiger partial charge in [-0.15, -0.1) is 0 Å². The number of likely N-dealkylation sites (tertiary alicyclic amines) is 1. The molecule has 4 rings (SSSR count). The number of hydrogen-bond donors (Lipinski definition) is 1. The van der Waals surface area contributed by atoms with Crippen molar-refractivity contribution in [3.63, 3.8) is 0 Å². The third-order valence-electron chi connectivity index (χ3n) is 7.17. The van der Waals surface area contributed by atoms with Gasteiger partial charge in [0, 0.05) is 48.9 Å². The van der Waals surface area contributed by atoms with E-state index in [1.165, 1.54) is 12.3 Å². The molecule has 202 valence electrons. The smallest absolute Gasteiger partial charge is 0.270 e. The first-order chi connectivity index (χ1) is 17.5. The molecule has 2 atom stereocenters. The highest BCUT2D eigenvalue weighted by atomic mass is 19.3. The molecule has 0 spiro atoms. The first-order valence-corrected chi connectivity index (χ1v) is 12.7. The summed E-state index contributed by atoms with van der Waals surface area (Å²) in [5.74, 6) is -6.71. The van der Waals surface area contributed by atoms with Crippen molar-refractivity contribution < 1.29 is 31.5 Å². The Balaban J connectivity index is 1.45. The fourth-order valence-corrected chi connectivity index (χ4v) is 5.16. The van der Waals surface area contributed by atoms with Gasteiger partial charge in [0.1, 0.15) is 23.4 Å². The molecule has 0 unspecified atom stereocenters. The van der Waals surface area contributed by atoms with Crippen LogP contribution >= 0.6 is 0 Å². The van der Waals surface area contributed by atoms with Gasteiger partial charge in [-0.2, -0.15) is 0 Å². The molecule has 1 saturated heterocycles. The minimum Gasteiger partial charge on any atom is -0.373 e. The van der Waals surface area contributed by atoms with Gasteiger partial charge in [-0.1, -0.05) is 0 Å². The number of piperidine rings is 1. The van der Waals surface area contributed by atoms with E-state index in [2.05, 4.69) is 29.0 Å². The van der Waals surface area contributed by atoms with Crippen molar-refractivity contribution in [2.24, 2.45) is 0 Å².